The van der Waals surface area contributed by atoms with Gasteiger partial charge in [0.25, 0.3) is 0 Å². The first-order chi connectivity index (χ1) is 8.33. The highest BCUT2D eigenvalue weighted by Crippen LogP contribution is 2.08. The summed E-state index contributed by atoms with van der Waals surface area (Å²) in [5.74, 6) is 0.943. The maximum atomic E-state index is 12.2. The molecule has 1 atom stereocenters. The lowest BCUT2D eigenvalue weighted by atomic mass is 10.1. The van der Waals surface area contributed by atoms with Crippen molar-refractivity contribution in [3.63, 3.8) is 0 Å². The minimum absolute atomic E-state index is 0.0686. The summed E-state index contributed by atoms with van der Waals surface area (Å²) >= 11 is 0. The SMILES string of the molecule is CCC(C(=O)NC(C)(C)C)N(C)Cc1ncc[nH]1. The normalized spacial score (nSPS) is 13.7. The minimum Gasteiger partial charge on any atom is -0.350 e. The summed E-state index contributed by atoms with van der Waals surface area (Å²) in [6, 6.07) is -0.130. The molecule has 5 nitrogen and oxygen atoms in total. The van der Waals surface area contributed by atoms with Crippen molar-refractivity contribution in [2.24, 2.45) is 0 Å². The molecule has 0 spiro atoms. The van der Waals surface area contributed by atoms with Gasteiger partial charge in [0.15, 0.2) is 0 Å². The Bertz CT molecular complexity index is 367. The average molecular weight is 252 g/mol. The van der Waals surface area contributed by atoms with Gasteiger partial charge in [-0.15, -0.1) is 0 Å². The Morgan fingerprint density at radius 2 is 2.22 bits per heavy atom. The predicted octanol–water partition coefficient (Wildman–Crippen LogP) is 1.53. The van der Waals surface area contributed by atoms with E-state index < -0.39 is 0 Å². The molecule has 1 amide bonds. The fourth-order valence-corrected chi connectivity index (χ4v) is 1.88. The molecule has 1 aromatic heterocycles. The molecule has 0 aromatic carbocycles. The van der Waals surface area contributed by atoms with Gasteiger partial charge in [0.2, 0.25) is 5.91 Å². The number of aromatic nitrogens is 2. The zero-order chi connectivity index (χ0) is 13.8. The molecule has 0 radical (unpaired) electrons. The summed E-state index contributed by atoms with van der Waals surface area (Å²) in [6.07, 6.45) is 4.29. The minimum atomic E-state index is -0.198. The largest absolute Gasteiger partial charge is 0.350 e. The topological polar surface area (TPSA) is 61.0 Å². The molecule has 102 valence electrons. The van der Waals surface area contributed by atoms with Crippen LogP contribution in [0.15, 0.2) is 12.4 Å². The first-order valence-electron chi connectivity index (χ1n) is 6.34. The van der Waals surface area contributed by atoms with Gasteiger partial charge in [-0.25, -0.2) is 4.98 Å². The first-order valence-corrected chi connectivity index (χ1v) is 6.34. The smallest absolute Gasteiger partial charge is 0.237 e. The van der Waals surface area contributed by atoms with Crippen LogP contribution in [0.25, 0.3) is 0 Å². The van der Waals surface area contributed by atoms with Crippen molar-refractivity contribution in [1.29, 1.82) is 0 Å². The number of nitrogens with zero attached hydrogens (tertiary/aromatic N) is 2. The van der Waals surface area contributed by atoms with Crippen LogP contribution in [-0.4, -0.2) is 39.4 Å². The second-order valence-corrected chi connectivity index (χ2v) is 5.61. The number of hydrogen-bond acceptors (Lipinski definition) is 3. The van der Waals surface area contributed by atoms with Crippen LogP contribution >= 0.6 is 0 Å². The zero-order valence-corrected chi connectivity index (χ0v) is 11.9. The molecule has 0 aliphatic heterocycles. The third-order valence-electron chi connectivity index (χ3n) is 2.67. The number of carbonyl (C=O) groups excluding carboxylic acids is 1. The number of likely N-dealkylation sites (N-methyl/N-ethyl adjacent to an activating group) is 1. The van der Waals surface area contributed by atoms with E-state index in [1.165, 1.54) is 0 Å². The van der Waals surface area contributed by atoms with E-state index in [0.717, 1.165) is 12.2 Å². The van der Waals surface area contributed by atoms with Crippen LogP contribution in [-0.2, 0) is 11.3 Å². The van der Waals surface area contributed by atoms with Crippen molar-refractivity contribution < 1.29 is 4.79 Å². The van der Waals surface area contributed by atoms with E-state index in [1.807, 2.05) is 39.6 Å². The van der Waals surface area contributed by atoms with Gasteiger partial charge in [-0.2, -0.15) is 0 Å². The third-order valence-corrected chi connectivity index (χ3v) is 2.67. The lowest BCUT2D eigenvalue weighted by molar-refractivity contribution is -0.127. The Labute approximate surface area is 109 Å². The number of nitrogens with one attached hydrogen (secondary N) is 2. The highest BCUT2D eigenvalue weighted by atomic mass is 16.2. The van der Waals surface area contributed by atoms with Crippen LogP contribution in [0.3, 0.4) is 0 Å². The first kappa shape index (κ1) is 14.7. The van der Waals surface area contributed by atoms with Crippen molar-refractivity contribution in [3.8, 4) is 0 Å². The number of hydrogen-bond donors (Lipinski definition) is 2. The van der Waals surface area contributed by atoms with E-state index in [2.05, 4.69) is 15.3 Å². The van der Waals surface area contributed by atoms with Crippen molar-refractivity contribution in [2.75, 3.05) is 7.05 Å². The molecule has 1 rings (SSSR count). The molecule has 0 bridgehead atoms. The molecule has 1 unspecified atom stereocenters. The van der Waals surface area contributed by atoms with E-state index in [1.54, 1.807) is 12.4 Å². The monoisotopic (exact) mass is 252 g/mol. The Morgan fingerprint density at radius 1 is 1.56 bits per heavy atom. The van der Waals surface area contributed by atoms with Crippen LogP contribution in [0, 0.1) is 0 Å². The standard InChI is InChI=1S/C13H24N4O/c1-6-10(12(18)16-13(2,3)4)17(5)9-11-14-7-8-15-11/h7-8,10H,6,9H2,1-5H3,(H,14,15)(H,16,18). The van der Waals surface area contributed by atoms with Crippen molar-refractivity contribution >= 4 is 5.91 Å². The van der Waals surface area contributed by atoms with Crippen LogP contribution in [0.4, 0.5) is 0 Å². The molecular formula is C13H24N4O. The summed E-state index contributed by atoms with van der Waals surface area (Å²) in [5, 5.41) is 3.02. The summed E-state index contributed by atoms with van der Waals surface area (Å²) < 4.78 is 0. The van der Waals surface area contributed by atoms with Crippen LogP contribution in [0.5, 0.6) is 0 Å². The molecule has 18 heavy (non-hydrogen) atoms. The molecule has 0 fully saturated rings. The second kappa shape index (κ2) is 6.00. The number of aromatic amines is 1. The van der Waals surface area contributed by atoms with Crippen molar-refractivity contribution in [3.05, 3.63) is 18.2 Å². The summed E-state index contributed by atoms with van der Waals surface area (Å²) in [4.78, 5) is 21.4. The van der Waals surface area contributed by atoms with Gasteiger partial charge in [0, 0.05) is 17.9 Å². The number of amides is 1. The van der Waals surface area contributed by atoms with Crippen LogP contribution in [0.1, 0.15) is 39.9 Å². The van der Waals surface area contributed by atoms with E-state index in [9.17, 15) is 4.79 Å². The second-order valence-electron chi connectivity index (χ2n) is 5.61. The Balaban J connectivity index is 2.62. The van der Waals surface area contributed by atoms with E-state index in [-0.39, 0.29) is 17.5 Å². The quantitative estimate of drug-likeness (QED) is 0.835. The van der Waals surface area contributed by atoms with Crippen molar-refractivity contribution in [2.45, 2.75) is 52.2 Å². The number of H-pyrrole nitrogens is 1. The van der Waals surface area contributed by atoms with Gasteiger partial charge in [0.1, 0.15) is 5.82 Å². The molecule has 0 aliphatic carbocycles. The third kappa shape index (κ3) is 4.49. The lowest BCUT2D eigenvalue weighted by Gasteiger charge is -2.29. The average Bonchev–Trinajstić information content (AvgIpc) is 2.68. The molecule has 0 saturated heterocycles. The Hall–Kier alpha value is -1.36. The lowest BCUT2D eigenvalue weighted by Crippen LogP contribution is -2.50. The van der Waals surface area contributed by atoms with E-state index in [0.29, 0.717) is 6.54 Å². The summed E-state index contributed by atoms with van der Waals surface area (Å²) in [5.41, 5.74) is -0.198. The molecule has 1 aromatic rings. The highest BCUT2D eigenvalue weighted by molar-refractivity contribution is 5.82. The van der Waals surface area contributed by atoms with Gasteiger partial charge in [-0.3, -0.25) is 9.69 Å². The number of rotatable bonds is 5. The Kier molecular flexibility index (Phi) is 4.90. The van der Waals surface area contributed by atoms with Gasteiger partial charge >= 0.3 is 0 Å². The van der Waals surface area contributed by atoms with Gasteiger partial charge in [0.05, 0.1) is 12.6 Å². The van der Waals surface area contributed by atoms with E-state index >= 15 is 0 Å². The molecule has 0 saturated carbocycles. The maximum Gasteiger partial charge on any atom is 0.237 e. The van der Waals surface area contributed by atoms with Crippen LogP contribution < -0.4 is 5.32 Å². The summed E-state index contributed by atoms with van der Waals surface area (Å²) in [6.45, 7) is 8.63. The highest BCUT2D eigenvalue weighted by Gasteiger charge is 2.25. The predicted molar refractivity (Wildman–Crippen MR) is 72.0 cm³/mol. The van der Waals surface area contributed by atoms with Gasteiger partial charge in [-0.1, -0.05) is 6.92 Å². The molecule has 5 heteroatoms. The fraction of sp³-hybridized carbons (Fsp3) is 0.692. The van der Waals surface area contributed by atoms with Gasteiger partial charge < -0.3 is 10.3 Å². The van der Waals surface area contributed by atoms with Crippen LogP contribution in [0.2, 0.25) is 0 Å². The van der Waals surface area contributed by atoms with E-state index in [4.69, 9.17) is 0 Å². The molecular weight excluding hydrogens is 228 g/mol. The Morgan fingerprint density at radius 3 is 2.67 bits per heavy atom. The fourth-order valence-electron chi connectivity index (χ4n) is 1.88. The molecule has 2 N–H and O–H groups in total. The zero-order valence-electron chi connectivity index (χ0n) is 11.9. The number of imidazole rings is 1. The summed E-state index contributed by atoms with van der Waals surface area (Å²) in [7, 11) is 1.94. The maximum absolute atomic E-state index is 12.2. The molecule has 1 heterocycles. The molecule has 0 aliphatic rings. The van der Waals surface area contributed by atoms with Gasteiger partial charge in [-0.05, 0) is 34.2 Å². The van der Waals surface area contributed by atoms with Crippen molar-refractivity contribution in [1.82, 2.24) is 20.2 Å². The number of carbonyl (C=O) groups is 1.